The highest BCUT2D eigenvalue weighted by molar-refractivity contribution is 5.76. The molecule has 0 saturated heterocycles. The molecule has 198 valence electrons. The quantitative estimate of drug-likeness (QED) is 0.212. The summed E-state index contributed by atoms with van der Waals surface area (Å²) in [4.78, 5) is 27.5. The van der Waals surface area contributed by atoms with Crippen LogP contribution in [-0.4, -0.2) is 29.9 Å². The zero-order chi connectivity index (χ0) is 28.1. The molecule has 42 heavy (non-hydrogen) atoms. The van der Waals surface area contributed by atoms with E-state index in [1.165, 1.54) is 0 Å². The predicted molar refractivity (Wildman–Crippen MR) is 166 cm³/mol. The smallest absolute Gasteiger partial charge is 0.164 e. The number of pyridine rings is 3. The highest BCUT2D eigenvalue weighted by Gasteiger charge is 2.14. The van der Waals surface area contributed by atoms with Crippen LogP contribution < -0.4 is 0 Å². The molecule has 6 nitrogen and oxygen atoms in total. The molecule has 0 radical (unpaired) electrons. The first-order chi connectivity index (χ1) is 20.8. The van der Waals surface area contributed by atoms with Crippen molar-refractivity contribution in [2.75, 3.05) is 0 Å². The fourth-order valence-corrected chi connectivity index (χ4v) is 4.91. The molecule has 0 unspecified atom stereocenters. The van der Waals surface area contributed by atoms with Crippen molar-refractivity contribution in [1.29, 1.82) is 0 Å². The van der Waals surface area contributed by atoms with Gasteiger partial charge in [-0.25, -0.2) is 15.0 Å². The fourth-order valence-electron chi connectivity index (χ4n) is 4.91. The van der Waals surface area contributed by atoms with Crippen molar-refractivity contribution in [1.82, 2.24) is 29.9 Å². The van der Waals surface area contributed by atoms with Crippen LogP contribution in [0.3, 0.4) is 0 Å². The minimum atomic E-state index is 0.606. The summed E-state index contributed by atoms with van der Waals surface area (Å²) < 4.78 is 0. The average Bonchev–Trinajstić information content (AvgIpc) is 3.09. The van der Waals surface area contributed by atoms with Gasteiger partial charge in [0.25, 0.3) is 0 Å². The number of hydrogen-bond acceptors (Lipinski definition) is 6. The van der Waals surface area contributed by atoms with Gasteiger partial charge < -0.3 is 0 Å². The highest BCUT2D eigenvalue weighted by atomic mass is 15.0. The lowest BCUT2D eigenvalue weighted by atomic mass is 10.0. The van der Waals surface area contributed by atoms with Crippen molar-refractivity contribution >= 4 is 0 Å². The summed E-state index contributed by atoms with van der Waals surface area (Å²) in [7, 11) is 0. The van der Waals surface area contributed by atoms with Crippen LogP contribution in [0.2, 0.25) is 0 Å². The Hall–Kier alpha value is -5.88. The van der Waals surface area contributed by atoms with Crippen LogP contribution in [0, 0.1) is 0 Å². The zero-order valence-corrected chi connectivity index (χ0v) is 22.5. The highest BCUT2D eigenvalue weighted by Crippen LogP contribution is 2.31. The van der Waals surface area contributed by atoms with Crippen LogP contribution in [0.25, 0.3) is 67.5 Å². The van der Waals surface area contributed by atoms with Crippen LogP contribution in [0.1, 0.15) is 0 Å². The van der Waals surface area contributed by atoms with Gasteiger partial charge in [0, 0.05) is 53.9 Å². The maximum absolute atomic E-state index is 4.99. The second-order valence-electron chi connectivity index (χ2n) is 9.76. The van der Waals surface area contributed by atoms with Gasteiger partial charge in [-0.3, -0.25) is 15.0 Å². The van der Waals surface area contributed by atoms with E-state index in [9.17, 15) is 0 Å². The second kappa shape index (κ2) is 11.3. The molecule has 0 atom stereocenters. The Morgan fingerprint density at radius 3 is 0.810 bits per heavy atom. The molecule has 7 rings (SSSR count). The van der Waals surface area contributed by atoms with Crippen LogP contribution in [0.15, 0.2) is 146 Å². The SMILES string of the molecule is c1cc(-c2ccncc2)cc(-c2nc(-c3cccc(-c4ccncc4)c3)nc(-c3cccc(-c4ccncc4)c3)n2)c1. The summed E-state index contributed by atoms with van der Waals surface area (Å²) in [5.41, 5.74) is 9.16. The average molecular weight is 541 g/mol. The first kappa shape index (κ1) is 25.1. The summed E-state index contributed by atoms with van der Waals surface area (Å²) in [6, 6.07) is 36.8. The minimum absolute atomic E-state index is 0.606. The monoisotopic (exact) mass is 540 g/mol. The Bertz CT molecular complexity index is 1730. The van der Waals surface area contributed by atoms with E-state index in [0.717, 1.165) is 50.1 Å². The van der Waals surface area contributed by atoms with Crippen LogP contribution in [0.5, 0.6) is 0 Å². The third-order valence-electron chi connectivity index (χ3n) is 7.04. The van der Waals surface area contributed by atoms with Crippen LogP contribution >= 0.6 is 0 Å². The lowest BCUT2D eigenvalue weighted by Crippen LogP contribution is -2.00. The van der Waals surface area contributed by atoms with Gasteiger partial charge in [-0.2, -0.15) is 0 Å². The fraction of sp³-hybridized carbons (Fsp3) is 0. The van der Waals surface area contributed by atoms with Crippen LogP contribution in [0.4, 0.5) is 0 Å². The van der Waals surface area contributed by atoms with Gasteiger partial charge in [0.15, 0.2) is 17.5 Å². The molecule has 4 aromatic heterocycles. The zero-order valence-electron chi connectivity index (χ0n) is 22.5. The second-order valence-corrected chi connectivity index (χ2v) is 9.76. The summed E-state index contributed by atoms with van der Waals surface area (Å²) in [5.74, 6) is 1.82. The molecule has 6 heteroatoms. The van der Waals surface area contributed by atoms with E-state index in [1.54, 1.807) is 37.2 Å². The van der Waals surface area contributed by atoms with Gasteiger partial charge in [-0.15, -0.1) is 0 Å². The van der Waals surface area contributed by atoms with E-state index in [-0.39, 0.29) is 0 Å². The van der Waals surface area contributed by atoms with E-state index in [2.05, 4.69) is 51.4 Å². The molecule has 0 fully saturated rings. The minimum Gasteiger partial charge on any atom is -0.265 e. The van der Waals surface area contributed by atoms with E-state index < -0.39 is 0 Å². The van der Waals surface area contributed by atoms with Crippen molar-refractivity contribution < 1.29 is 0 Å². The van der Waals surface area contributed by atoms with Crippen molar-refractivity contribution in [2.45, 2.75) is 0 Å². The number of benzene rings is 3. The van der Waals surface area contributed by atoms with E-state index in [0.29, 0.717) is 17.5 Å². The summed E-state index contributed by atoms with van der Waals surface area (Å²) in [6.07, 6.45) is 10.8. The lowest BCUT2D eigenvalue weighted by molar-refractivity contribution is 1.07. The standard InChI is InChI=1S/C36H24N6/c1-4-28(25-10-16-37-17-11-25)22-31(7-1)34-40-35(32-8-2-5-29(23-32)26-12-18-38-19-13-26)42-36(41-34)33-9-3-6-30(24-33)27-14-20-39-21-15-27/h1-24H. The molecule has 7 aromatic rings. The van der Waals surface area contributed by atoms with Crippen LogP contribution in [-0.2, 0) is 0 Å². The summed E-state index contributed by atoms with van der Waals surface area (Å²) in [6.45, 7) is 0. The number of aromatic nitrogens is 6. The molecule has 0 amide bonds. The van der Waals surface area contributed by atoms with Gasteiger partial charge in [-0.1, -0.05) is 54.6 Å². The first-order valence-electron chi connectivity index (χ1n) is 13.6. The van der Waals surface area contributed by atoms with Gasteiger partial charge in [0.1, 0.15) is 0 Å². The molecule has 3 aromatic carbocycles. The largest absolute Gasteiger partial charge is 0.265 e. The van der Waals surface area contributed by atoms with E-state index in [1.807, 2.05) is 72.8 Å². The normalized spacial score (nSPS) is 10.9. The molecule has 0 aliphatic carbocycles. The molecule has 0 N–H and O–H groups in total. The Morgan fingerprint density at radius 2 is 0.524 bits per heavy atom. The Balaban J connectivity index is 1.38. The van der Waals surface area contributed by atoms with Crippen molar-refractivity contribution in [3.05, 3.63) is 146 Å². The molecular weight excluding hydrogens is 516 g/mol. The van der Waals surface area contributed by atoms with E-state index in [4.69, 9.17) is 15.0 Å². The van der Waals surface area contributed by atoms with Gasteiger partial charge >= 0.3 is 0 Å². The topological polar surface area (TPSA) is 77.3 Å². The van der Waals surface area contributed by atoms with Gasteiger partial charge in [0.2, 0.25) is 0 Å². The Kier molecular flexibility index (Phi) is 6.76. The maximum atomic E-state index is 4.99. The predicted octanol–water partition coefficient (Wildman–Crippen LogP) is 8.06. The van der Waals surface area contributed by atoms with Crippen molar-refractivity contribution in [2.24, 2.45) is 0 Å². The molecule has 0 aliphatic heterocycles. The molecule has 0 spiro atoms. The third-order valence-corrected chi connectivity index (χ3v) is 7.04. The Labute approximate surface area is 243 Å². The lowest BCUT2D eigenvalue weighted by Gasteiger charge is -2.11. The summed E-state index contributed by atoms with van der Waals surface area (Å²) in [5, 5.41) is 0. The van der Waals surface area contributed by atoms with E-state index >= 15 is 0 Å². The number of nitrogens with zero attached hydrogens (tertiary/aromatic N) is 6. The van der Waals surface area contributed by atoms with Gasteiger partial charge in [0.05, 0.1) is 0 Å². The molecule has 0 saturated carbocycles. The molecule has 0 aliphatic rings. The van der Waals surface area contributed by atoms with Crippen molar-refractivity contribution in [3.8, 4) is 67.5 Å². The first-order valence-corrected chi connectivity index (χ1v) is 13.6. The maximum Gasteiger partial charge on any atom is 0.164 e. The third kappa shape index (κ3) is 5.29. The van der Waals surface area contributed by atoms with Crippen molar-refractivity contribution in [3.63, 3.8) is 0 Å². The number of hydrogen-bond donors (Lipinski definition) is 0. The molecular formula is C36H24N6. The number of rotatable bonds is 6. The molecule has 0 bridgehead atoms. The van der Waals surface area contributed by atoms with Gasteiger partial charge in [-0.05, 0) is 88.0 Å². The summed E-state index contributed by atoms with van der Waals surface area (Å²) >= 11 is 0. The molecule has 4 heterocycles. The Morgan fingerprint density at radius 1 is 0.262 bits per heavy atom.